The first-order valence-electron chi connectivity index (χ1n) is 10.7. The van der Waals surface area contributed by atoms with E-state index in [0.717, 1.165) is 70.4 Å². The van der Waals surface area contributed by atoms with Crippen molar-refractivity contribution in [2.24, 2.45) is 5.92 Å². The molecule has 4 rings (SSSR count). The summed E-state index contributed by atoms with van der Waals surface area (Å²) in [7, 11) is 0. The fourth-order valence-electron chi connectivity index (χ4n) is 4.14. The second kappa shape index (κ2) is 9.02. The zero-order chi connectivity index (χ0) is 18.5. The van der Waals surface area contributed by atoms with E-state index in [1.165, 1.54) is 19.4 Å². The van der Waals surface area contributed by atoms with Crippen LogP contribution in [-0.2, 0) is 4.79 Å². The number of carbonyl (C=O) groups excluding carboxylic acids is 1. The zero-order valence-electron chi connectivity index (χ0n) is 16.4. The summed E-state index contributed by atoms with van der Waals surface area (Å²) >= 11 is 0. The van der Waals surface area contributed by atoms with E-state index in [4.69, 9.17) is 0 Å². The highest BCUT2D eigenvalue weighted by molar-refractivity contribution is 5.76. The number of amides is 1. The van der Waals surface area contributed by atoms with Gasteiger partial charge in [0.05, 0.1) is 0 Å². The number of nitrogens with one attached hydrogen (secondary N) is 1. The highest BCUT2D eigenvalue weighted by Gasteiger charge is 2.26. The topological polar surface area (TPSA) is 51.7 Å². The van der Waals surface area contributed by atoms with Crippen molar-refractivity contribution in [1.29, 1.82) is 0 Å². The summed E-state index contributed by atoms with van der Waals surface area (Å²) in [5.41, 5.74) is 0. The van der Waals surface area contributed by atoms with E-state index in [0.29, 0.717) is 18.4 Å². The van der Waals surface area contributed by atoms with Gasteiger partial charge < -0.3 is 15.1 Å². The summed E-state index contributed by atoms with van der Waals surface area (Å²) < 4.78 is 0. The number of nitrogens with zero attached hydrogens (tertiary/aromatic N) is 4. The molecule has 6 heteroatoms. The predicted octanol–water partition coefficient (Wildman–Crippen LogP) is 1.58. The van der Waals surface area contributed by atoms with Crippen LogP contribution >= 0.6 is 0 Å². The van der Waals surface area contributed by atoms with Gasteiger partial charge in [0.2, 0.25) is 5.91 Å². The van der Waals surface area contributed by atoms with Crippen molar-refractivity contribution in [3.05, 3.63) is 24.4 Å². The number of hydrogen-bond acceptors (Lipinski definition) is 5. The molecule has 0 atom stereocenters. The van der Waals surface area contributed by atoms with Crippen molar-refractivity contribution >= 4 is 11.7 Å². The van der Waals surface area contributed by atoms with E-state index in [1.54, 1.807) is 0 Å². The number of piperazine rings is 1. The molecule has 6 nitrogen and oxygen atoms in total. The average Bonchev–Trinajstić information content (AvgIpc) is 3.56. The van der Waals surface area contributed by atoms with Crippen molar-refractivity contribution in [1.82, 2.24) is 20.1 Å². The van der Waals surface area contributed by atoms with Gasteiger partial charge >= 0.3 is 0 Å². The van der Waals surface area contributed by atoms with Gasteiger partial charge in [-0.2, -0.15) is 0 Å². The van der Waals surface area contributed by atoms with Crippen LogP contribution in [0.4, 0.5) is 5.82 Å². The fraction of sp³-hybridized carbons (Fsp3) is 0.714. The average molecular weight is 372 g/mol. The summed E-state index contributed by atoms with van der Waals surface area (Å²) in [5.74, 6) is 2.33. The molecular formula is C21H33N5O. The van der Waals surface area contributed by atoms with E-state index >= 15 is 0 Å². The molecule has 3 fully saturated rings. The first-order valence-corrected chi connectivity index (χ1v) is 10.7. The Balaban J connectivity index is 1.12. The van der Waals surface area contributed by atoms with E-state index < -0.39 is 0 Å². The van der Waals surface area contributed by atoms with Gasteiger partial charge in [-0.1, -0.05) is 6.07 Å². The molecular weight excluding hydrogens is 338 g/mol. The summed E-state index contributed by atoms with van der Waals surface area (Å²) in [6.45, 7) is 7.92. The SMILES string of the molecule is O=C(CCN1CCN(c2ccccn2)CC1)N1CCC(NCC2CC2)CC1. The molecule has 27 heavy (non-hydrogen) atoms. The standard InChI is InChI=1S/C21H33N5O/c27-21(26-11-6-19(7-12-26)23-17-18-4-5-18)8-10-24-13-15-25(16-14-24)20-3-1-2-9-22-20/h1-3,9,18-19,23H,4-8,10-17H2. The van der Waals surface area contributed by atoms with Gasteiger partial charge in [0.1, 0.15) is 5.82 Å². The summed E-state index contributed by atoms with van der Waals surface area (Å²) in [6.07, 6.45) is 7.54. The lowest BCUT2D eigenvalue weighted by Gasteiger charge is -2.36. The number of piperidine rings is 1. The molecule has 0 radical (unpaired) electrons. The van der Waals surface area contributed by atoms with Gasteiger partial charge in [-0.15, -0.1) is 0 Å². The summed E-state index contributed by atoms with van der Waals surface area (Å²) in [6, 6.07) is 6.69. The first-order chi connectivity index (χ1) is 13.3. The van der Waals surface area contributed by atoms with E-state index in [1.807, 2.05) is 18.3 Å². The maximum atomic E-state index is 12.6. The Labute approximate surface area is 162 Å². The van der Waals surface area contributed by atoms with Crippen molar-refractivity contribution in [3.63, 3.8) is 0 Å². The van der Waals surface area contributed by atoms with Crippen LogP contribution in [0.2, 0.25) is 0 Å². The van der Waals surface area contributed by atoms with Gasteiger partial charge in [0, 0.05) is 64.5 Å². The Kier molecular flexibility index (Phi) is 6.24. The van der Waals surface area contributed by atoms with E-state index in [9.17, 15) is 4.79 Å². The van der Waals surface area contributed by atoms with Crippen LogP contribution in [-0.4, -0.2) is 79.1 Å². The van der Waals surface area contributed by atoms with Gasteiger partial charge in [-0.05, 0) is 50.3 Å². The normalized spacial score (nSPS) is 22.2. The zero-order valence-corrected chi connectivity index (χ0v) is 16.4. The third-order valence-corrected chi connectivity index (χ3v) is 6.23. The molecule has 3 aliphatic rings. The maximum Gasteiger partial charge on any atom is 0.223 e. The number of anilines is 1. The Morgan fingerprint density at radius 1 is 1.04 bits per heavy atom. The maximum absolute atomic E-state index is 12.6. The van der Waals surface area contributed by atoms with Gasteiger partial charge in [0.25, 0.3) is 0 Å². The minimum Gasteiger partial charge on any atom is -0.354 e. The van der Waals surface area contributed by atoms with E-state index in [-0.39, 0.29) is 0 Å². The largest absolute Gasteiger partial charge is 0.354 e. The third-order valence-electron chi connectivity index (χ3n) is 6.23. The molecule has 3 heterocycles. The predicted molar refractivity (Wildman–Crippen MR) is 108 cm³/mol. The lowest BCUT2D eigenvalue weighted by Crippen LogP contribution is -2.48. The van der Waals surface area contributed by atoms with Gasteiger partial charge in [-0.3, -0.25) is 9.69 Å². The molecule has 0 unspecified atom stereocenters. The van der Waals surface area contributed by atoms with Crippen LogP contribution in [0.3, 0.4) is 0 Å². The third kappa shape index (κ3) is 5.42. The minimum absolute atomic E-state index is 0.336. The lowest BCUT2D eigenvalue weighted by molar-refractivity contribution is -0.132. The molecule has 1 amide bonds. The molecule has 0 aromatic carbocycles. The second-order valence-electron chi connectivity index (χ2n) is 8.27. The molecule has 1 saturated carbocycles. The molecule has 0 spiro atoms. The van der Waals surface area contributed by atoms with Crippen molar-refractivity contribution in [2.75, 3.05) is 57.3 Å². The second-order valence-corrected chi connectivity index (χ2v) is 8.27. The van der Waals surface area contributed by atoms with Crippen LogP contribution in [0.5, 0.6) is 0 Å². The smallest absolute Gasteiger partial charge is 0.223 e. The van der Waals surface area contributed by atoms with Gasteiger partial charge in [0.15, 0.2) is 0 Å². The number of carbonyl (C=O) groups is 1. The molecule has 0 bridgehead atoms. The fourth-order valence-corrected chi connectivity index (χ4v) is 4.14. The Bertz CT molecular complexity index is 590. The highest BCUT2D eigenvalue weighted by Crippen LogP contribution is 2.28. The monoisotopic (exact) mass is 371 g/mol. The Morgan fingerprint density at radius 2 is 1.81 bits per heavy atom. The molecule has 1 N–H and O–H groups in total. The van der Waals surface area contributed by atoms with Crippen LogP contribution in [0.1, 0.15) is 32.1 Å². The highest BCUT2D eigenvalue weighted by atomic mass is 16.2. The van der Waals surface area contributed by atoms with Crippen LogP contribution in [0.25, 0.3) is 0 Å². The minimum atomic E-state index is 0.336. The van der Waals surface area contributed by atoms with Crippen molar-refractivity contribution in [3.8, 4) is 0 Å². The quantitative estimate of drug-likeness (QED) is 0.789. The number of aromatic nitrogens is 1. The van der Waals surface area contributed by atoms with Gasteiger partial charge in [-0.25, -0.2) is 4.98 Å². The molecule has 1 aromatic heterocycles. The molecule has 2 saturated heterocycles. The number of hydrogen-bond donors (Lipinski definition) is 1. The summed E-state index contributed by atoms with van der Waals surface area (Å²) in [5, 5.41) is 3.69. The number of likely N-dealkylation sites (tertiary alicyclic amines) is 1. The molecule has 1 aromatic rings. The Morgan fingerprint density at radius 3 is 2.48 bits per heavy atom. The lowest BCUT2D eigenvalue weighted by atomic mass is 10.0. The molecule has 1 aliphatic carbocycles. The van der Waals surface area contributed by atoms with Crippen molar-refractivity contribution in [2.45, 2.75) is 38.1 Å². The Hall–Kier alpha value is -1.66. The summed E-state index contributed by atoms with van der Waals surface area (Å²) in [4.78, 5) is 23.8. The number of pyridine rings is 1. The molecule has 2 aliphatic heterocycles. The first kappa shape index (κ1) is 18.7. The van der Waals surface area contributed by atoms with Crippen LogP contribution in [0, 0.1) is 5.92 Å². The van der Waals surface area contributed by atoms with Crippen LogP contribution < -0.4 is 10.2 Å². The molecule has 148 valence electrons. The van der Waals surface area contributed by atoms with Crippen molar-refractivity contribution < 1.29 is 4.79 Å². The number of rotatable bonds is 7. The van der Waals surface area contributed by atoms with E-state index in [2.05, 4.69) is 31.1 Å². The van der Waals surface area contributed by atoms with Crippen LogP contribution in [0.15, 0.2) is 24.4 Å².